The number of carbonyl (C=O) groups excluding carboxylic acids is 1. The minimum absolute atomic E-state index is 0.0495. The summed E-state index contributed by atoms with van der Waals surface area (Å²) in [5.41, 5.74) is 1.24. The monoisotopic (exact) mass is 300 g/mol. The van der Waals surface area contributed by atoms with E-state index in [-0.39, 0.29) is 11.2 Å². The third kappa shape index (κ3) is 4.90. The maximum atomic E-state index is 12.1. The number of pyridine rings is 1. The fourth-order valence-electron chi connectivity index (χ4n) is 1.95. The van der Waals surface area contributed by atoms with Crippen LogP contribution in [0.4, 0.5) is 0 Å². The number of aromatic nitrogens is 1. The van der Waals surface area contributed by atoms with E-state index in [0.29, 0.717) is 12.5 Å². The van der Waals surface area contributed by atoms with Crippen molar-refractivity contribution < 1.29 is 4.79 Å². The van der Waals surface area contributed by atoms with Gasteiger partial charge in [-0.3, -0.25) is 4.79 Å². The Morgan fingerprint density at radius 3 is 2.52 bits per heavy atom. The lowest BCUT2D eigenvalue weighted by molar-refractivity contribution is -0.120. The molecule has 0 aliphatic rings. The summed E-state index contributed by atoms with van der Waals surface area (Å²) >= 11 is 1.48. The lowest BCUT2D eigenvalue weighted by atomic mass is 10.0. The Kier molecular flexibility index (Phi) is 5.81. The highest BCUT2D eigenvalue weighted by Crippen LogP contribution is 2.20. The summed E-state index contributed by atoms with van der Waals surface area (Å²) in [6.07, 6.45) is 1.74. The average Bonchev–Trinajstić information content (AvgIpc) is 2.54. The summed E-state index contributed by atoms with van der Waals surface area (Å²) in [6, 6.07) is 15.9. The molecule has 3 nitrogen and oxygen atoms in total. The number of nitrogens with zero attached hydrogens (tertiary/aromatic N) is 1. The van der Waals surface area contributed by atoms with Gasteiger partial charge in [0.1, 0.15) is 0 Å². The molecule has 2 unspecified atom stereocenters. The Labute approximate surface area is 130 Å². The second-order valence-electron chi connectivity index (χ2n) is 4.98. The van der Waals surface area contributed by atoms with Crippen LogP contribution in [0, 0.1) is 0 Å². The van der Waals surface area contributed by atoms with Crippen molar-refractivity contribution in [2.24, 2.45) is 0 Å². The van der Waals surface area contributed by atoms with Gasteiger partial charge in [-0.2, -0.15) is 0 Å². The van der Waals surface area contributed by atoms with Gasteiger partial charge in [0.25, 0.3) is 0 Å². The first kappa shape index (κ1) is 15.6. The Balaban J connectivity index is 1.81. The summed E-state index contributed by atoms with van der Waals surface area (Å²) in [6.45, 7) is 4.67. The summed E-state index contributed by atoms with van der Waals surface area (Å²) in [4.78, 5) is 16.4. The predicted molar refractivity (Wildman–Crippen MR) is 87.4 cm³/mol. The topological polar surface area (TPSA) is 42.0 Å². The standard InChI is InChI=1S/C17H20N2OS/c1-13(15-8-4-3-5-9-15)12-19-17(20)14(2)21-16-10-6-7-11-18-16/h3-11,13-14H,12H2,1-2H3,(H,19,20). The van der Waals surface area contributed by atoms with Crippen molar-refractivity contribution >= 4 is 17.7 Å². The lowest BCUT2D eigenvalue weighted by Gasteiger charge is -2.15. The van der Waals surface area contributed by atoms with Gasteiger partial charge in [-0.1, -0.05) is 55.1 Å². The quantitative estimate of drug-likeness (QED) is 0.830. The number of hydrogen-bond acceptors (Lipinski definition) is 3. The first-order valence-corrected chi connectivity index (χ1v) is 7.95. The zero-order chi connectivity index (χ0) is 15.1. The Morgan fingerprint density at radius 2 is 1.86 bits per heavy atom. The first-order valence-electron chi connectivity index (χ1n) is 7.07. The minimum atomic E-state index is -0.150. The van der Waals surface area contributed by atoms with E-state index in [9.17, 15) is 4.79 Å². The van der Waals surface area contributed by atoms with Crippen LogP contribution >= 0.6 is 11.8 Å². The third-order valence-electron chi connectivity index (χ3n) is 3.26. The molecule has 2 rings (SSSR count). The summed E-state index contributed by atoms with van der Waals surface area (Å²) in [5.74, 6) is 0.357. The molecule has 1 N–H and O–H groups in total. The van der Waals surface area contributed by atoms with Crippen LogP contribution in [0.15, 0.2) is 59.8 Å². The number of carbonyl (C=O) groups is 1. The van der Waals surface area contributed by atoms with Crippen LogP contribution in [0.25, 0.3) is 0 Å². The summed E-state index contributed by atoms with van der Waals surface area (Å²) in [5, 5.41) is 3.73. The lowest BCUT2D eigenvalue weighted by Crippen LogP contribution is -2.33. The molecule has 1 aromatic heterocycles. The number of rotatable bonds is 6. The van der Waals surface area contributed by atoms with Crippen molar-refractivity contribution in [3.63, 3.8) is 0 Å². The van der Waals surface area contributed by atoms with E-state index in [0.717, 1.165) is 5.03 Å². The molecule has 0 saturated heterocycles. The van der Waals surface area contributed by atoms with E-state index in [1.807, 2.05) is 43.3 Å². The largest absolute Gasteiger partial charge is 0.355 e. The molecule has 0 radical (unpaired) electrons. The molecule has 0 fully saturated rings. The normalized spacial score (nSPS) is 13.4. The van der Waals surface area contributed by atoms with Gasteiger partial charge >= 0.3 is 0 Å². The molecule has 2 atom stereocenters. The molecule has 0 aliphatic heterocycles. The predicted octanol–water partition coefficient (Wildman–Crippen LogP) is 3.48. The Hall–Kier alpha value is -1.81. The van der Waals surface area contributed by atoms with Crippen molar-refractivity contribution in [1.29, 1.82) is 0 Å². The van der Waals surface area contributed by atoms with Crippen molar-refractivity contribution in [1.82, 2.24) is 10.3 Å². The van der Waals surface area contributed by atoms with E-state index in [1.165, 1.54) is 17.3 Å². The molecular weight excluding hydrogens is 280 g/mol. The van der Waals surface area contributed by atoms with Crippen LogP contribution in [0.5, 0.6) is 0 Å². The molecule has 21 heavy (non-hydrogen) atoms. The van der Waals surface area contributed by atoms with Crippen LogP contribution in [0.1, 0.15) is 25.3 Å². The molecule has 0 aliphatic carbocycles. The number of hydrogen-bond donors (Lipinski definition) is 1. The van der Waals surface area contributed by atoms with E-state index >= 15 is 0 Å². The molecule has 0 saturated carbocycles. The summed E-state index contributed by atoms with van der Waals surface area (Å²) < 4.78 is 0. The van der Waals surface area contributed by atoms with Gasteiger partial charge in [0.2, 0.25) is 5.91 Å². The van der Waals surface area contributed by atoms with E-state index in [1.54, 1.807) is 6.20 Å². The van der Waals surface area contributed by atoms with Gasteiger partial charge < -0.3 is 5.32 Å². The van der Waals surface area contributed by atoms with Crippen LogP contribution in [0.3, 0.4) is 0 Å². The molecule has 0 bridgehead atoms. The molecule has 4 heteroatoms. The zero-order valence-electron chi connectivity index (χ0n) is 12.3. The maximum absolute atomic E-state index is 12.1. The molecule has 1 amide bonds. The van der Waals surface area contributed by atoms with Gasteiger partial charge in [0, 0.05) is 12.7 Å². The van der Waals surface area contributed by atoms with Gasteiger partial charge in [0.05, 0.1) is 10.3 Å². The zero-order valence-corrected chi connectivity index (χ0v) is 13.1. The fraction of sp³-hybridized carbons (Fsp3) is 0.294. The number of amides is 1. The number of benzene rings is 1. The van der Waals surface area contributed by atoms with Gasteiger partial charge in [-0.05, 0) is 30.5 Å². The van der Waals surface area contributed by atoms with Gasteiger partial charge in [0.15, 0.2) is 0 Å². The highest BCUT2D eigenvalue weighted by Gasteiger charge is 2.15. The average molecular weight is 300 g/mol. The van der Waals surface area contributed by atoms with Crippen LogP contribution < -0.4 is 5.32 Å². The SMILES string of the molecule is CC(Sc1ccccn1)C(=O)NCC(C)c1ccccc1. The highest BCUT2D eigenvalue weighted by molar-refractivity contribution is 8.00. The smallest absolute Gasteiger partial charge is 0.233 e. The minimum Gasteiger partial charge on any atom is -0.355 e. The second kappa shape index (κ2) is 7.84. The second-order valence-corrected chi connectivity index (χ2v) is 6.35. The van der Waals surface area contributed by atoms with E-state index in [2.05, 4.69) is 29.4 Å². The molecule has 1 aromatic carbocycles. The van der Waals surface area contributed by atoms with Crippen molar-refractivity contribution in [3.8, 4) is 0 Å². The molecule has 0 spiro atoms. The van der Waals surface area contributed by atoms with Crippen molar-refractivity contribution in [2.45, 2.75) is 30.0 Å². The van der Waals surface area contributed by atoms with Crippen molar-refractivity contribution in [2.75, 3.05) is 6.54 Å². The number of nitrogens with one attached hydrogen (secondary N) is 1. The van der Waals surface area contributed by atoms with Gasteiger partial charge in [-0.15, -0.1) is 0 Å². The Bertz CT molecular complexity index is 560. The first-order chi connectivity index (χ1) is 10.2. The third-order valence-corrected chi connectivity index (χ3v) is 4.31. The van der Waals surface area contributed by atoms with Crippen LogP contribution in [-0.2, 0) is 4.79 Å². The van der Waals surface area contributed by atoms with E-state index < -0.39 is 0 Å². The number of thioether (sulfide) groups is 1. The fourth-order valence-corrected chi connectivity index (χ4v) is 2.78. The Morgan fingerprint density at radius 1 is 1.14 bits per heavy atom. The van der Waals surface area contributed by atoms with E-state index in [4.69, 9.17) is 0 Å². The molecular formula is C17H20N2OS. The highest BCUT2D eigenvalue weighted by atomic mass is 32.2. The molecule has 110 valence electrons. The summed E-state index contributed by atoms with van der Waals surface area (Å²) in [7, 11) is 0. The molecule has 2 aromatic rings. The van der Waals surface area contributed by atoms with Crippen LogP contribution in [0.2, 0.25) is 0 Å². The van der Waals surface area contributed by atoms with Crippen molar-refractivity contribution in [3.05, 3.63) is 60.3 Å². The van der Waals surface area contributed by atoms with Crippen LogP contribution in [-0.4, -0.2) is 22.7 Å². The maximum Gasteiger partial charge on any atom is 0.233 e. The molecule has 1 heterocycles. The van der Waals surface area contributed by atoms with Gasteiger partial charge in [-0.25, -0.2) is 4.98 Å².